The molecule has 0 N–H and O–H groups in total. The van der Waals surface area contributed by atoms with Crippen LogP contribution >= 0.6 is 11.3 Å². The number of hydrazone groups is 1. The second-order valence-electron chi connectivity index (χ2n) is 7.54. The van der Waals surface area contributed by atoms with Gasteiger partial charge in [0.1, 0.15) is 11.8 Å². The lowest BCUT2D eigenvalue weighted by Crippen LogP contribution is -2.51. The van der Waals surface area contributed by atoms with Crippen molar-refractivity contribution in [2.75, 3.05) is 32.7 Å². The molecule has 31 heavy (non-hydrogen) atoms. The van der Waals surface area contributed by atoms with E-state index in [1.807, 2.05) is 29.6 Å². The minimum absolute atomic E-state index is 0.0706. The van der Waals surface area contributed by atoms with Gasteiger partial charge in [0.05, 0.1) is 29.7 Å². The minimum Gasteiger partial charge on any atom is -0.467 e. The molecule has 3 aromatic rings. The first-order valence-corrected chi connectivity index (χ1v) is 11.1. The Morgan fingerprint density at radius 3 is 2.52 bits per heavy atom. The van der Waals surface area contributed by atoms with Gasteiger partial charge < -0.3 is 13.7 Å². The SMILES string of the molecule is O=C(c1ccco1)N1CCN(CC(=O)N2N=C(c3cccs3)CC2c2ccco2)CC1. The van der Waals surface area contributed by atoms with Gasteiger partial charge in [-0.1, -0.05) is 6.07 Å². The minimum atomic E-state index is -0.235. The van der Waals surface area contributed by atoms with Gasteiger partial charge in [-0.05, 0) is 35.7 Å². The Morgan fingerprint density at radius 1 is 1.03 bits per heavy atom. The van der Waals surface area contributed by atoms with Gasteiger partial charge in [0.25, 0.3) is 11.8 Å². The van der Waals surface area contributed by atoms with Gasteiger partial charge in [0.2, 0.25) is 0 Å². The molecule has 0 aromatic carbocycles. The molecule has 1 atom stereocenters. The molecule has 0 saturated carbocycles. The van der Waals surface area contributed by atoms with Crippen LogP contribution < -0.4 is 0 Å². The number of hydrogen-bond acceptors (Lipinski definition) is 7. The van der Waals surface area contributed by atoms with Crippen molar-refractivity contribution in [3.8, 4) is 0 Å². The average Bonchev–Trinajstić information content (AvgIpc) is 3.58. The fourth-order valence-corrected chi connectivity index (χ4v) is 4.68. The highest BCUT2D eigenvalue weighted by atomic mass is 32.1. The van der Waals surface area contributed by atoms with Gasteiger partial charge >= 0.3 is 0 Å². The lowest BCUT2D eigenvalue weighted by Gasteiger charge is -2.34. The fraction of sp³-hybridized carbons (Fsp3) is 0.318. The highest BCUT2D eigenvalue weighted by Crippen LogP contribution is 2.34. The van der Waals surface area contributed by atoms with E-state index >= 15 is 0 Å². The van der Waals surface area contributed by atoms with Crippen LogP contribution in [-0.4, -0.2) is 65.1 Å². The van der Waals surface area contributed by atoms with Crippen molar-refractivity contribution in [1.82, 2.24) is 14.8 Å². The maximum atomic E-state index is 13.2. The predicted octanol–water partition coefficient (Wildman–Crippen LogP) is 3.07. The number of furan rings is 2. The molecule has 0 aliphatic carbocycles. The molecule has 0 spiro atoms. The van der Waals surface area contributed by atoms with Crippen molar-refractivity contribution < 1.29 is 18.4 Å². The summed E-state index contributed by atoms with van der Waals surface area (Å²) in [7, 11) is 0. The van der Waals surface area contributed by atoms with Crippen molar-refractivity contribution >= 4 is 28.9 Å². The smallest absolute Gasteiger partial charge is 0.289 e. The van der Waals surface area contributed by atoms with Gasteiger partial charge in [-0.3, -0.25) is 14.5 Å². The summed E-state index contributed by atoms with van der Waals surface area (Å²) < 4.78 is 10.8. The van der Waals surface area contributed by atoms with E-state index in [0.717, 1.165) is 16.3 Å². The van der Waals surface area contributed by atoms with E-state index in [-0.39, 0.29) is 24.4 Å². The molecule has 9 heteroatoms. The van der Waals surface area contributed by atoms with E-state index in [4.69, 9.17) is 8.83 Å². The summed E-state index contributed by atoms with van der Waals surface area (Å²) in [6.45, 7) is 2.61. The lowest BCUT2D eigenvalue weighted by atomic mass is 10.1. The first-order valence-electron chi connectivity index (χ1n) is 10.2. The summed E-state index contributed by atoms with van der Waals surface area (Å²) >= 11 is 1.62. The average molecular weight is 439 g/mol. The van der Waals surface area contributed by atoms with E-state index in [2.05, 4.69) is 10.0 Å². The number of carbonyl (C=O) groups is 2. The standard InChI is InChI=1S/C22H22N4O4S/c27-21(15-24-7-9-25(10-8-24)22(28)19-5-2-12-30-19)26-17(18-4-1-11-29-18)14-16(23-26)20-6-3-13-31-20/h1-6,11-13,17H,7-10,14-15H2. The van der Waals surface area contributed by atoms with Crippen LogP contribution in [0.5, 0.6) is 0 Å². The Kier molecular flexibility index (Phi) is 5.44. The number of carbonyl (C=O) groups excluding carboxylic acids is 2. The second kappa shape index (κ2) is 8.52. The molecule has 2 aliphatic rings. The molecule has 5 rings (SSSR count). The van der Waals surface area contributed by atoms with E-state index < -0.39 is 0 Å². The number of amides is 2. The number of hydrogen-bond donors (Lipinski definition) is 0. The van der Waals surface area contributed by atoms with Crippen molar-refractivity contribution in [1.29, 1.82) is 0 Å². The summed E-state index contributed by atoms with van der Waals surface area (Å²) in [4.78, 5) is 30.5. The van der Waals surface area contributed by atoms with Crippen LogP contribution in [0, 0.1) is 0 Å². The topological polar surface area (TPSA) is 82.5 Å². The molecule has 1 saturated heterocycles. The number of piperazine rings is 1. The zero-order valence-corrected chi connectivity index (χ0v) is 17.7. The molecule has 0 radical (unpaired) electrons. The van der Waals surface area contributed by atoms with E-state index in [9.17, 15) is 9.59 Å². The van der Waals surface area contributed by atoms with Crippen LogP contribution in [0.4, 0.5) is 0 Å². The van der Waals surface area contributed by atoms with Crippen molar-refractivity contribution in [3.63, 3.8) is 0 Å². The lowest BCUT2D eigenvalue weighted by molar-refractivity contribution is -0.134. The Balaban J connectivity index is 1.24. The molecular formula is C22H22N4O4S. The quantitative estimate of drug-likeness (QED) is 0.611. The largest absolute Gasteiger partial charge is 0.467 e. The maximum Gasteiger partial charge on any atom is 0.289 e. The van der Waals surface area contributed by atoms with Crippen molar-refractivity contribution in [2.24, 2.45) is 5.10 Å². The molecule has 8 nitrogen and oxygen atoms in total. The first kappa shape index (κ1) is 19.8. The number of nitrogens with zero attached hydrogens (tertiary/aromatic N) is 4. The van der Waals surface area contributed by atoms with Gasteiger partial charge in [0, 0.05) is 32.6 Å². The van der Waals surface area contributed by atoms with E-state index in [0.29, 0.717) is 38.4 Å². The predicted molar refractivity (Wildman–Crippen MR) is 115 cm³/mol. The maximum absolute atomic E-state index is 13.2. The van der Waals surface area contributed by atoms with Crippen molar-refractivity contribution in [2.45, 2.75) is 12.5 Å². The zero-order chi connectivity index (χ0) is 21.2. The van der Waals surface area contributed by atoms with Gasteiger partial charge in [-0.25, -0.2) is 5.01 Å². The molecule has 1 fully saturated rings. The van der Waals surface area contributed by atoms with Crippen LogP contribution in [0.2, 0.25) is 0 Å². The Bertz CT molecular complexity index is 1050. The fourth-order valence-electron chi connectivity index (χ4n) is 3.96. The summed E-state index contributed by atoms with van der Waals surface area (Å²) in [5, 5.41) is 8.23. The van der Waals surface area contributed by atoms with Crippen LogP contribution in [-0.2, 0) is 4.79 Å². The normalized spacial score (nSPS) is 19.6. The first-order chi connectivity index (χ1) is 15.2. The number of rotatable bonds is 5. The monoisotopic (exact) mass is 438 g/mol. The van der Waals surface area contributed by atoms with E-state index in [1.165, 1.54) is 6.26 Å². The van der Waals surface area contributed by atoms with E-state index in [1.54, 1.807) is 39.6 Å². The molecule has 160 valence electrons. The van der Waals surface area contributed by atoms with Crippen LogP contribution in [0.15, 0.2) is 68.2 Å². The molecule has 3 aromatic heterocycles. The summed E-state index contributed by atoms with van der Waals surface area (Å²) in [6, 6.07) is 10.9. The summed E-state index contributed by atoms with van der Waals surface area (Å²) in [5.41, 5.74) is 0.901. The molecule has 2 aliphatic heterocycles. The van der Waals surface area contributed by atoms with Gasteiger partial charge in [-0.2, -0.15) is 5.10 Å². The molecule has 5 heterocycles. The molecule has 0 bridgehead atoms. The van der Waals surface area contributed by atoms with Crippen LogP contribution in [0.3, 0.4) is 0 Å². The Labute approximate surface area is 183 Å². The molecule has 1 unspecified atom stereocenters. The second-order valence-corrected chi connectivity index (χ2v) is 8.49. The third-order valence-electron chi connectivity index (χ3n) is 5.59. The third-order valence-corrected chi connectivity index (χ3v) is 6.51. The highest BCUT2D eigenvalue weighted by molar-refractivity contribution is 7.12. The summed E-state index contributed by atoms with van der Waals surface area (Å²) in [6.07, 6.45) is 3.75. The Morgan fingerprint density at radius 2 is 1.84 bits per heavy atom. The highest BCUT2D eigenvalue weighted by Gasteiger charge is 2.36. The zero-order valence-electron chi connectivity index (χ0n) is 16.8. The number of thiophene rings is 1. The van der Waals surface area contributed by atoms with Crippen LogP contribution in [0.25, 0.3) is 0 Å². The molecule has 2 amide bonds. The van der Waals surface area contributed by atoms with Gasteiger partial charge in [0.15, 0.2) is 5.76 Å². The van der Waals surface area contributed by atoms with Crippen molar-refractivity contribution in [3.05, 3.63) is 70.7 Å². The Hall–Kier alpha value is -3.17. The van der Waals surface area contributed by atoms with Crippen LogP contribution in [0.1, 0.15) is 33.7 Å². The van der Waals surface area contributed by atoms with Gasteiger partial charge in [-0.15, -0.1) is 11.3 Å². The third kappa shape index (κ3) is 4.06. The summed E-state index contributed by atoms with van der Waals surface area (Å²) in [5.74, 6) is 0.896. The molecular weight excluding hydrogens is 416 g/mol.